The van der Waals surface area contributed by atoms with E-state index in [2.05, 4.69) is 5.32 Å². The lowest BCUT2D eigenvalue weighted by Crippen LogP contribution is -2.38. The Morgan fingerprint density at radius 3 is 2.44 bits per heavy atom. The summed E-state index contributed by atoms with van der Waals surface area (Å²) in [5, 5.41) is 2.76. The summed E-state index contributed by atoms with van der Waals surface area (Å²) in [5.74, 6) is -0.934. The summed E-state index contributed by atoms with van der Waals surface area (Å²) in [6.45, 7) is 4.98. The van der Waals surface area contributed by atoms with Crippen LogP contribution in [0.15, 0.2) is 41.3 Å². The van der Waals surface area contributed by atoms with E-state index in [0.717, 1.165) is 19.3 Å². The number of benzene rings is 2. The molecule has 2 aliphatic heterocycles. The van der Waals surface area contributed by atoms with Crippen molar-refractivity contribution in [2.75, 3.05) is 49.6 Å². The molecule has 2 heterocycles. The van der Waals surface area contributed by atoms with Crippen LogP contribution in [0.2, 0.25) is 0 Å². The van der Waals surface area contributed by atoms with Crippen molar-refractivity contribution < 1.29 is 22.3 Å². The molecule has 0 aromatic heterocycles. The molecule has 0 radical (unpaired) electrons. The first-order valence-electron chi connectivity index (χ1n) is 10.9. The standard InChI is InChI=1S/C23H28FN3O4S/c1-17-5-6-18(24)15-21(17)25-23(28)20-16-19(32(29,30)27-9-3-2-4-10-27)7-8-22(20)26-11-13-31-14-12-26/h5-8,15-16H,2-4,9-14H2,1H3,(H,25,28). The van der Waals surface area contributed by atoms with E-state index in [4.69, 9.17) is 4.74 Å². The third-order valence-corrected chi connectivity index (χ3v) is 7.86. The van der Waals surface area contributed by atoms with Crippen LogP contribution in [0.5, 0.6) is 0 Å². The minimum atomic E-state index is -3.70. The van der Waals surface area contributed by atoms with E-state index < -0.39 is 21.7 Å². The summed E-state index contributed by atoms with van der Waals surface area (Å²) in [7, 11) is -3.70. The van der Waals surface area contributed by atoms with Gasteiger partial charge in [0.05, 0.1) is 23.7 Å². The van der Waals surface area contributed by atoms with E-state index in [9.17, 15) is 17.6 Å². The van der Waals surface area contributed by atoms with Crippen LogP contribution in [-0.4, -0.2) is 58.0 Å². The molecule has 2 saturated heterocycles. The predicted molar refractivity (Wildman–Crippen MR) is 121 cm³/mol. The highest BCUT2D eigenvalue weighted by atomic mass is 32.2. The molecule has 9 heteroatoms. The molecule has 172 valence electrons. The van der Waals surface area contributed by atoms with Crippen LogP contribution in [-0.2, 0) is 14.8 Å². The van der Waals surface area contributed by atoms with Gasteiger partial charge >= 0.3 is 0 Å². The van der Waals surface area contributed by atoms with Crippen molar-refractivity contribution in [3.8, 4) is 0 Å². The summed E-state index contributed by atoms with van der Waals surface area (Å²) in [4.78, 5) is 15.4. The van der Waals surface area contributed by atoms with Crippen molar-refractivity contribution in [3.63, 3.8) is 0 Å². The van der Waals surface area contributed by atoms with Crippen LogP contribution in [0.4, 0.5) is 15.8 Å². The Labute approximate surface area is 188 Å². The van der Waals surface area contributed by atoms with Crippen LogP contribution in [0.1, 0.15) is 35.2 Å². The number of ether oxygens (including phenoxy) is 1. The maximum Gasteiger partial charge on any atom is 0.257 e. The number of rotatable bonds is 5. The second kappa shape index (κ2) is 9.56. The van der Waals surface area contributed by atoms with Gasteiger partial charge in [-0.15, -0.1) is 0 Å². The Kier molecular flexibility index (Phi) is 6.78. The molecule has 2 aromatic rings. The van der Waals surface area contributed by atoms with Crippen LogP contribution >= 0.6 is 0 Å². The average molecular weight is 462 g/mol. The number of hydrogen-bond donors (Lipinski definition) is 1. The second-order valence-corrected chi connectivity index (χ2v) is 10.1. The molecule has 1 N–H and O–H groups in total. The fraction of sp³-hybridized carbons (Fsp3) is 0.435. The Balaban J connectivity index is 1.72. The van der Waals surface area contributed by atoms with Gasteiger partial charge in [-0.25, -0.2) is 12.8 Å². The van der Waals surface area contributed by atoms with Crippen molar-refractivity contribution in [3.05, 3.63) is 53.3 Å². The Bertz CT molecular complexity index is 1090. The molecule has 0 bridgehead atoms. The molecule has 0 aliphatic carbocycles. The number of sulfonamides is 1. The number of carbonyl (C=O) groups is 1. The summed E-state index contributed by atoms with van der Waals surface area (Å²) >= 11 is 0. The number of hydrogen-bond acceptors (Lipinski definition) is 5. The molecule has 2 aromatic carbocycles. The van der Waals surface area contributed by atoms with Gasteiger partial charge in [-0.05, 0) is 55.7 Å². The van der Waals surface area contributed by atoms with Crippen LogP contribution in [0.25, 0.3) is 0 Å². The fourth-order valence-electron chi connectivity index (χ4n) is 4.11. The van der Waals surface area contributed by atoms with Crippen molar-refractivity contribution in [1.29, 1.82) is 0 Å². The molecule has 4 rings (SSSR count). The minimum absolute atomic E-state index is 0.0949. The lowest BCUT2D eigenvalue weighted by atomic mass is 10.1. The fourth-order valence-corrected chi connectivity index (χ4v) is 5.65. The number of nitrogens with one attached hydrogen (secondary N) is 1. The van der Waals surface area contributed by atoms with Crippen molar-refractivity contribution >= 4 is 27.3 Å². The Morgan fingerprint density at radius 2 is 1.72 bits per heavy atom. The lowest BCUT2D eigenvalue weighted by Gasteiger charge is -2.31. The molecule has 2 fully saturated rings. The van der Waals surface area contributed by atoms with Crippen LogP contribution in [0, 0.1) is 12.7 Å². The van der Waals surface area contributed by atoms with Crippen LogP contribution < -0.4 is 10.2 Å². The second-order valence-electron chi connectivity index (χ2n) is 8.16. The Hall–Kier alpha value is -2.49. The van der Waals surface area contributed by atoms with Gasteiger partial charge in [0.25, 0.3) is 5.91 Å². The van der Waals surface area contributed by atoms with Gasteiger partial charge in [0.2, 0.25) is 10.0 Å². The number of morpholine rings is 1. The first kappa shape index (κ1) is 22.7. The van der Waals surface area contributed by atoms with Crippen molar-refractivity contribution in [1.82, 2.24) is 4.31 Å². The number of anilines is 2. The molecular weight excluding hydrogens is 433 g/mol. The molecular formula is C23H28FN3O4S. The first-order chi connectivity index (χ1) is 15.4. The zero-order valence-corrected chi connectivity index (χ0v) is 19.0. The highest BCUT2D eigenvalue weighted by Gasteiger charge is 2.28. The van der Waals surface area contributed by atoms with Gasteiger partial charge in [0, 0.05) is 37.6 Å². The molecule has 1 amide bonds. The largest absolute Gasteiger partial charge is 0.378 e. The van der Waals surface area contributed by atoms with E-state index in [-0.39, 0.29) is 10.5 Å². The number of halogens is 1. The highest BCUT2D eigenvalue weighted by Crippen LogP contribution is 2.29. The number of piperidine rings is 1. The van der Waals surface area contributed by atoms with E-state index in [1.807, 2.05) is 4.90 Å². The maximum atomic E-state index is 13.7. The molecule has 0 atom stereocenters. The zero-order chi connectivity index (χ0) is 22.7. The maximum absolute atomic E-state index is 13.7. The summed E-state index contributed by atoms with van der Waals surface area (Å²) in [6.07, 6.45) is 2.68. The summed E-state index contributed by atoms with van der Waals surface area (Å²) < 4.78 is 47.1. The molecule has 0 unspecified atom stereocenters. The van der Waals surface area contributed by atoms with E-state index in [1.165, 1.54) is 22.5 Å². The van der Waals surface area contributed by atoms with Gasteiger partial charge < -0.3 is 15.0 Å². The van der Waals surface area contributed by atoms with Gasteiger partial charge in [-0.1, -0.05) is 12.5 Å². The molecule has 7 nitrogen and oxygen atoms in total. The summed E-state index contributed by atoms with van der Waals surface area (Å²) in [5.41, 5.74) is 1.95. The lowest BCUT2D eigenvalue weighted by molar-refractivity contribution is 0.102. The van der Waals surface area contributed by atoms with Gasteiger partial charge in [0.15, 0.2) is 0 Å². The molecule has 2 aliphatic rings. The average Bonchev–Trinajstić information content (AvgIpc) is 2.82. The smallest absolute Gasteiger partial charge is 0.257 e. The highest BCUT2D eigenvalue weighted by molar-refractivity contribution is 7.89. The number of carbonyl (C=O) groups excluding carboxylic acids is 1. The summed E-state index contributed by atoms with van der Waals surface area (Å²) in [6, 6.07) is 8.88. The van der Waals surface area contributed by atoms with E-state index in [0.29, 0.717) is 56.3 Å². The van der Waals surface area contributed by atoms with Crippen molar-refractivity contribution in [2.24, 2.45) is 0 Å². The number of aryl methyl sites for hydroxylation is 1. The first-order valence-corrected chi connectivity index (χ1v) is 12.3. The monoisotopic (exact) mass is 461 g/mol. The van der Waals surface area contributed by atoms with Crippen LogP contribution in [0.3, 0.4) is 0 Å². The molecule has 0 saturated carbocycles. The SMILES string of the molecule is Cc1ccc(F)cc1NC(=O)c1cc(S(=O)(=O)N2CCCCC2)ccc1N1CCOCC1. The third-order valence-electron chi connectivity index (χ3n) is 5.97. The number of nitrogens with zero attached hydrogens (tertiary/aromatic N) is 2. The van der Waals surface area contributed by atoms with Gasteiger partial charge in [-0.2, -0.15) is 4.31 Å². The minimum Gasteiger partial charge on any atom is -0.378 e. The number of amides is 1. The van der Waals surface area contributed by atoms with E-state index in [1.54, 1.807) is 25.1 Å². The van der Waals surface area contributed by atoms with E-state index >= 15 is 0 Å². The predicted octanol–water partition coefficient (Wildman–Crippen LogP) is 3.40. The third kappa shape index (κ3) is 4.79. The quantitative estimate of drug-likeness (QED) is 0.738. The Morgan fingerprint density at radius 1 is 1.00 bits per heavy atom. The van der Waals surface area contributed by atoms with Crippen molar-refractivity contribution in [2.45, 2.75) is 31.1 Å². The zero-order valence-electron chi connectivity index (χ0n) is 18.1. The van der Waals surface area contributed by atoms with Gasteiger partial charge in [-0.3, -0.25) is 4.79 Å². The molecule has 0 spiro atoms. The molecule has 32 heavy (non-hydrogen) atoms. The topological polar surface area (TPSA) is 79.0 Å². The van der Waals surface area contributed by atoms with Gasteiger partial charge in [0.1, 0.15) is 5.82 Å². The normalized spacial score (nSPS) is 17.9.